The summed E-state index contributed by atoms with van der Waals surface area (Å²) in [6, 6.07) is 4.79. The SMILES string of the molecule is CCNc1ncnc(Nc2ccc(Cl)c(Cl)c2)c1[N+](=O)[O-]. The molecule has 0 saturated carbocycles. The van der Waals surface area contributed by atoms with E-state index in [1.54, 1.807) is 18.2 Å². The van der Waals surface area contributed by atoms with Crippen molar-refractivity contribution in [1.29, 1.82) is 0 Å². The molecular weight excluding hydrogens is 317 g/mol. The van der Waals surface area contributed by atoms with Crippen molar-refractivity contribution in [3.63, 3.8) is 0 Å². The number of halogens is 2. The van der Waals surface area contributed by atoms with Gasteiger partial charge in [-0.15, -0.1) is 0 Å². The van der Waals surface area contributed by atoms with Crippen LogP contribution in [-0.2, 0) is 0 Å². The first-order chi connectivity index (χ1) is 10.0. The minimum absolute atomic E-state index is 0.0735. The highest BCUT2D eigenvalue weighted by Gasteiger charge is 2.22. The lowest BCUT2D eigenvalue weighted by molar-refractivity contribution is -0.383. The van der Waals surface area contributed by atoms with Crippen molar-refractivity contribution in [2.45, 2.75) is 6.92 Å². The lowest BCUT2D eigenvalue weighted by atomic mass is 10.3. The van der Waals surface area contributed by atoms with Crippen LogP contribution in [0.25, 0.3) is 0 Å². The van der Waals surface area contributed by atoms with Crippen LogP contribution in [0.1, 0.15) is 6.92 Å². The molecule has 0 radical (unpaired) electrons. The van der Waals surface area contributed by atoms with E-state index in [-0.39, 0.29) is 17.3 Å². The van der Waals surface area contributed by atoms with Gasteiger partial charge in [-0.1, -0.05) is 23.2 Å². The highest BCUT2D eigenvalue weighted by Crippen LogP contribution is 2.32. The molecule has 2 aromatic rings. The van der Waals surface area contributed by atoms with E-state index in [0.717, 1.165) is 0 Å². The summed E-state index contributed by atoms with van der Waals surface area (Å²) >= 11 is 11.7. The lowest BCUT2D eigenvalue weighted by Gasteiger charge is -2.09. The monoisotopic (exact) mass is 327 g/mol. The van der Waals surface area contributed by atoms with Gasteiger partial charge in [0.15, 0.2) is 0 Å². The van der Waals surface area contributed by atoms with Crippen molar-refractivity contribution in [1.82, 2.24) is 9.97 Å². The predicted molar refractivity (Wildman–Crippen MR) is 82.6 cm³/mol. The molecule has 1 heterocycles. The molecule has 2 N–H and O–H groups in total. The summed E-state index contributed by atoms with van der Waals surface area (Å²) in [4.78, 5) is 18.5. The molecule has 7 nitrogen and oxygen atoms in total. The molecule has 0 fully saturated rings. The second kappa shape index (κ2) is 6.55. The summed E-state index contributed by atoms with van der Waals surface area (Å²) in [6.45, 7) is 2.32. The van der Waals surface area contributed by atoms with Crippen molar-refractivity contribution >= 4 is 46.2 Å². The summed E-state index contributed by atoms with van der Waals surface area (Å²) in [5.74, 6) is 0.226. The van der Waals surface area contributed by atoms with Gasteiger partial charge in [0.2, 0.25) is 11.6 Å². The zero-order chi connectivity index (χ0) is 15.4. The van der Waals surface area contributed by atoms with Gasteiger partial charge in [-0.05, 0) is 25.1 Å². The van der Waals surface area contributed by atoms with Gasteiger partial charge in [-0.2, -0.15) is 0 Å². The predicted octanol–water partition coefficient (Wildman–Crippen LogP) is 3.87. The number of rotatable bonds is 5. The number of aromatic nitrogens is 2. The summed E-state index contributed by atoms with van der Waals surface area (Å²) in [5, 5.41) is 17.6. The van der Waals surface area contributed by atoms with E-state index in [2.05, 4.69) is 20.6 Å². The third-order valence-electron chi connectivity index (χ3n) is 2.53. The zero-order valence-corrected chi connectivity index (χ0v) is 12.4. The molecule has 0 unspecified atom stereocenters. The molecule has 0 atom stereocenters. The van der Waals surface area contributed by atoms with Crippen LogP contribution in [0.5, 0.6) is 0 Å². The standard InChI is InChI=1S/C12H11Cl2N5O2/c1-2-15-11-10(19(20)21)12(17-6-16-11)18-7-3-4-8(13)9(14)5-7/h3-6H,2H2,1H3,(H2,15,16,17,18). The second-order valence-electron chi connectivity index (χ2n) is 3.96. The largest absolute Gasteiger partial charge is 0.364 e. The molecule has 1 aromatic heterocycles. The maximum absolute atomic E-state index is 11.2. The summed E-state index contributed by atoms with van der Waals surface area (Å²) < 4.78 is 0. The first-order valence-electron chi connectivity index (χ1n) is 5.98. The highest BCUT2D eigenvalue weighted by atomic mass is 35.5. The molecule has 0 aliphatic carbocycles. The normalized spacial score (nSPS) is 10.2. The maximum Gasteiger partial charge on any atom is 0.353 e. The van der Waals surface area contributed by atoms with Crippen LogP contribution in [0.3, 0.4) is 0 Å². The van der Waals surface area contributed by atoms with Crippen molar-refractivity contribution < 1.29 is 4.92 Å². The Hall–Kier alpha value is -2.12. The van der Waals surface area contributed by atoms with Crippen LogP contribution < -0.4 is 10.6 Å². The van der Waals surface area contributed by atoms with Gasteiger partial charge in [-0.3, -0.25) is 10.1 Å². The molecule has 0 saturated heterocycles. The van der Waals surface area contributed by atoms with E-state index < -0.39 is 4.92 Å². The summed E-state index contributed by atoms with van der Waals surface area (Å²) in [7, 11) is 0. The average Bonchev–Trinajstić information content (AvgIpc) is 2.43. The third kappa shape index (κ3) is 3.50. The Morgan fingerprint density at radius 1 is 1.24 bits per heavy atom. The van der Waals surface area contributed by atoms with E-state index in [9.17, 15) is 10.1 Å². The molecular formula is C12H11Cl2N5O2. The van der Waals surface area contributed by atoms with Gasteiger partial charge in [0.1, 0.15) is 6.33 Å². The van der Waals surface area contributed by atoms with E-state index in [1.165, 1.54) is 6.33 Å². The van der Waals surface area contributed by atoms with Gasteiger partial charge in [0.25, 0.3) is 0 Å². The van der Waals surface area contributed by atoms with Crippen LogP contribution in [0, 0.1) is 10.1 Å². The Bertz CT molecular complexity index is 681. The topological polar surface area (TPSA) is 93.0 Å². The lowest BCUT2D eigenvalue weighted by Crippen LogP contribution is -2.07. The number of nitro groups is 1. The smallest absolute Gasteiger partial charge is 0.353 e. The quantitative estimate of drug-likeness (QED) is 0.639. The van der Waals surface area contributed by atoms with E-state index in [4.69, 9.17) is 23.2 Å². The molecule has 21 heavy (non-hydrogen) atoms. The van der Waals surface area contributed by atoms with Crippen LogP contribution >= 0.6 is 23.2 Å². The molecule has 0 aliphatic rings. The van der Waals surface area contributed by atoms with Crippen LogP contribution in [0.2, 0.25) is 10.0 Å². The molecule has 1 aromatic carbocycles. The Balaban J connectivity index is 2.41. The first-order valence-corrected chi connectivity index (χ1v) is 6.73. The molecule has 0 bridgehead atoms. The maximum atomic E-state index is 11.2. The Morgan fingerprint density at radius 2 is 1.95 bits per heavy atom. The van der Waals surface area contributed by atoms with E-state index in [0.29, 0.717) is 22.3 Å². The van der Waals surface area contributed by atoms with Gasteiger partial charge in [-0.25, -0.2) is 9.97 Å². The second-order valence-corrected chi connectivity index (χ2v) is 4.78. The fraction of sp³-hybridized carbons (Fsp3) is 0.167. The number of hydrogen-bond donors (Lipinski definition) is 2. The van der Waals surface area contributed by atoms with E-state index >= 15 is 0 Å². The van der Waals surface area contributed by atoms with Gasteiger partial charge in [0, 0.05) is 12.2 Å². The number of benzene rings is 1. The molecule has 9 heteroatoms. The third-order valence-corrected chi connectivity index (χ3v) is 3.27. The molecule has 2 rings (SSSR count). The van der Waals surface area contributed by atoms with Crippen molar-refractivity contribution in [3.8, 4) is 0 Å². The molecule has 0 spiro atoms. The average molecular weight is 328 g/mol. The van der Waals surface area contributed by atoms with Crippen molar-refractivity contribution in [2.24, 2.45) is 0 Å². The Labute approximate surface area is 130 Å². The minimum Gasteiger partial charge on any atom is -0.364 e. The number of anilines is 3. The number of nitrogens with zero attached hydrogens (tertiary/aromatic N) is 3. The first kappa shape index (κ1) is 15.3. The molecule has 110 valence electrons. The van der Waals surface area contributed by atoms with Crippen molar-refractivity contribution in [3.05, 3.63) is 44.7 Å². The highest BCUT2D eigenvalue weighted by molar-refractivity contribution is 6.42. The van der Waals surface area contributed by atoms with Crippen LogP contribution in [0.4, 0.5) is 23.0 Å². The van der Waals surface area contributed by atoms with Gasteiger partial charge < -0.3 is 10.6 Å². The Morgan fingerprint density at radius 3 is 2.57 bits per heavy atom. The summed E-state index contributed by atoms with van der Waals surface area (Å²) in [5.41, 5.74) is 0.305. The fourth-order valence-corrected chi connectivity index (χ4v) is 1.95. The number of nitrogens with one attached hydrogen (secondary N) is 2. The summed E-state index contributed by atoms with van der Waals surface area (Å²) in [6.07, 6.45) is 1.24. The minimum atomic E-state index is -0.544. The van der Waals surface area contributed by atoms with Crippen molar-refractivity contribution in [2.75, 3.05) is 17.2 Å². The Kier molecular flexibility index (Phi) is 4.77. The van der Waals surface area contributed by atoms with Gasteiger partial charge in [0.05, 0.1) is 15.0 Å². The molecule has 0 aliphatic heterocycles. The van der Waals surface area contributed by atoms with E-state index in [1.807, 2.05) is 6.92 Å². The van der Waals surface area contributed by atoms with Crippen LogP contribution in [-0.4, -0.2) is 21.4 Å². The fourth-order valence-electron chi connectivity index (χ4n) is 1.65. The zero-order valence-electron chi connectivity index (χ0n) is 10.9. The van der Waals surface area contributed by atoms with Gasteiger partial charge >= 0.3 is 5.69 Å². The number of hydrogen-bond acceptors (Lipinski definition) is 6. The molecule has 0 amide bonds. The van der Waals surface area contributed by atoms with Crippen LogP contribution in [0.15, 0.2) is 24.5 Å².